The summed E-state index contributed by atoms with van der Waals surface area (Å²) in [5.41, 5.74) is 2.90. The Bertz CT molecular complexity index is 690. The number of hydrogen-bond acceptors (Lipinski definition) is 3. The second-order valence-electron chi connectivity index (χ2n) is 4.72. The number of ether oxygens (including phenoxy) is 1. The molecule has 0 bridgehead atoms. The number of rotatable bonds is 5. The van der Waals surface area contributed by atoms with E-state index in [4.69, 9.17) is 9.84 Å². The number of aliphatic hydroxyl groups is 1. The van der Waals surface area contributed by atoms with Crippen molar-refractivity contribution >= 4 is 0 Å². The fourth-order valence-corrected chi connectivity index (χ4v) is 2.01. The molecule has 0 fully saturated rings. The summed E-state index contributed by atoms with van der Waals surface area (Å²) < 4.78 is 7.53. The molecular weight excluding hydrogens is 264 g/mol. The number of aliphatic hydroxyl groups excluding tert-OH is 1. The molecule has 4 heteroatoms. The molecule has 0 unspecified atom stereocenters. The van der Waals surface area contributed by atoms with Crippen LogP contribution in [0.4, 0.5) is 0 Å². The number of benzene rings is 2. The quantitative estimate of drug-likeness (QED) is 0.781. The average Bonchev–Trinajstić information content (AvgIpc) is 3.03. The molecule has 0 saturated heterocycles. The predicted octanol–water partition coefficient (Wildman–Crippen LogP) is 2.94. The van der Waals surface area contributed by atoms with Gasteiger partial charge in [-0.15, -0.1) is 0 Å². The molecule has 1 N–H and O–H groups in total. The van der Waals surface area contributed by atoms with Crippen molar-refractivity contribution in [3.05, 3.63) is 78.1 Å². The van der Waals surface area contributed by atoms with Gasteiger partial charge in [-0.3, -0.25) is 0 Å². The van der Waals surface area contributed by atoms with Crippen LogP contribution in [-0.4, -0.2) is 14.9 Å². The van der Waals surface area contributed by atoms with Crippen molar-refractivity contribution in [2.24, 2.45) is 0 Å². The maximum atomic E-state index is 9.00. The van der Waals surface area contributed by atoms with Gasteiger partial charge in [0.05, 0.1) is 18.5 Å². The van der Waals surface area contributed by atoms with Gasteiger partial charge >= 0.3 is 0 Å². The van der Waals surface area contributed by atoms with Gasteiger partial charge in [0.2, 0.25) is 0 Å². The molecule has 0 amide bonds. The SMILES string of the molecule is OCc1ccc(OCc2cnn(-c3ccccc3)c2)cc1. The number of para-hydroxylation sites is 1. The van der Waals surface area contributed by atoms with Gasteiger partial charge in [0.15, 0.2) is 0 Å². The standard InChI is InChI=1S/C17H16N2O2/c20-12-14-6-8-17(9-7-14)21-13-15-10-18-19(11-15)16-4-2-1-3-5-16/h1-11,20H,12-13H2. The first kappa shape index (κ1) is 13.4. The van der Waals surface area contributed by atoms with Crippen LogP contribution in [0.25, 0.3) is 5.69 Å². The Balaban J connectivity index is 1.64. The van der Waals surface area contributed by atoms with E-state index >= 15 is 0 Å². The van der Waals surface area contributed by atoms with Crippen LogP contribution in [0.15, 0.2) is 67.0 Å². The average molecular weight is 280 g/mol. The van der Waals surface area contributed by atoms with Crippen molar-refractivity contribution in [3.63, 3.8) is 0 Å². The predicted molar refractivity (Wildman–Crippen MR) is 80.3 cm³/mol. The molecule has 0 spiro atoms. The third-order valence-corrected chi connectivity index (χ3v) is 3.17. The number of nitrogens with zero attached hydrogens (tertiary/aromatic N) is 2. The van der Waals surface area contributed by atoms with Crippen LogP contribution in [0.5, 0.6) is 5.75 Å². The maximum Gasteiger partial charge on any atom is 0.119 e. The van der Waals surface area contributed by atoms with E-state index in [1.807, 2.05) is 65.5 Å². The van der Waals surface area contributed by atoms with E-state index in [1.165, 1.54) is 0 Å². The zero-order valence-electron chi connectivity index (χ0n) is 11.5. The molecule has 1 heterocycles. The second kappa shape index (κ2) is 6.24. The summed E-state index contributed by atoms with van der Waals surface area (Å²) in [5.74, 6) is 0.777. The van der Waals surface area contributed by atoms with Crippen LogP contribution < -0.4 is 4.74 Å². The van der Waals surface area contributed by atoms with Crippen molar-refractivity contribution in [2.45, 2.75) is 13.2 Å². The van der Waals surface area contributed by atoms with E-state index in [9.17, 15) is 0 Å². The maximum absolute atomic E-state index is 9.00. The van der Waals surface area contributed by atoms with Gasteiger partial charge in [-0.05, 0) is 29.8 Å². The van der Waals surface area contributed by atoms with Crippen LogP contribution in [0, 0.1) is 0 Å². The molecule has 0 aliphatic heterocycles. The van der Waals surface area contributed by atoms with Crippen LogP contribution in [-0.2, 0) is 13.2 Å². The highest BCUT2D eigenvalue weighted by Crippen LogP contribution is 2.15. The molecule has 106 valence electrons. The highest BCUT2D eigenvalue weighted by atomic mass is 16.5. The molecule has 4 nitrogen and oxygen atoms in total. The lowest BCUT2D eigenvalue weighted by atomic mass is 10.2. The number of hydrogen-bond donors (Lipinski definition) is 1. The van der Waals surface area contributed by atoms with Crippen molar-refractivity contribution < 1.29 is 9.84 Å². The molecule has 21 heavy (non-hydrogen) atoms. The summed E-state index contributed by atoms with van der Waals surface area (Å²) in [4.78, 5) is 0. The first-order valence-electron chi connectivity index (χ1n) is 6.77. The van der Waals surface area contributed by atoms with Crippen molar-refractivity contribution in [2.75, 3.05) is 0 Å². The second-order valence-corrected chi connectivity index (χ2v) is 4.72. The highest BCUT2D eigenvalue weighted by molar-refractivity contribution is 5.31. The Morgan fingerprint density at radius 2 is 1.71 bits per heavy atom. The molecule has 3 rings (SSSR count). The molecule has 1 aromatic heterocycles. The van der Waals surface area contributed by atoms with E-state index in [-0.39, 0.29) is 6.61 Å². The van der Waals surface area contributed by atoms with Crippen LogP contribution >= 0.6 is 0 Å². The largest absolute Gasteiger partial charge is 0.489 e. The summed E-state index contributed by atoms with van der Waals surface area (Å²) in [6.45, 7) is 0.509. The van der Waals surface area contributed by atoms with Gasteiger partial charge in [0.25, 0.3) is 0 Å². The topological polar surface area (TPSA) is 47.3 Å². The zero-order chi connectivity index (χ0) is 14.5. The molecule has 0 aliphatic rings. The third kappa shape index (κ3) is 3.30. The van der Waals surface area contributed by atoms with Crippen molar-refractivity contribution in [1.29, 1.82) is 0 Å². The Morgan fingerprint density at radius 1 is 0.952 bits per heavy atom. The fraction of sp³-hybridized carbons (Fsp3) is 0.118. The zero-order valence-corrected chi connectivity index (χ0v) is 11.5. The normalized spacial score (nSPS) is 10.5. The first-order valence-corrected chi connectivity index (χ1v) is 6.77. The Labute approximate surface area is 123 Å². The van der Waals surface area contributed by atoms with E-state index < -0.39 is 0 Å². The summed E-state index contributed by atoms with van der Waals surface area (Å²) in [7, 11) is 0. The van der Waals surface area contributed by atoms with E-state index in [2.05, 4.69) is 5.10 Å². The molecule has 2 aromatic carbocycles. The van der Waals surface area contributed by atoms with Crippen LogP contribution in [0.3, 0.4) is 0 Å². The Kier molecular flexibility index (Phi) is 3.98. The summed E-state index contributed by atoms with van der Waals surface area (Å²) in [6.07, 6.45) is 3.76. The highest BCUT2D eigenvalue weighted by Gasteiger charge is 2.02. The minimum absolute atomic E-state index is 0.0458. The summed E-state index contributed by atoms with van der Waals surface area (Å²) >= 11 is 0. The van der Waals surface area contributed by atoms with Crippen molar-refractivity contribution in [1.82, 2.24) is 9.78 Å². The molecule has 0 radical (unpaired) electrons. The van der Waals surface area contributed by atoms with Crippen molar-refractivity contribution in [3.8, 4) is 11.4 Å². The minimum atomic E-state index is 0.0458. The smallest absolute Gasteiger partial charge is 0.119 e. The van der Waals surface area contributed by atoms with E-state index in [1.54, 1.807) is 6.20 Å². The van der Waals surface area contributed by atoms with Crippen LogP contribution in [0.1, 0.15) is 11.1 Å². The van der Waals surface area contributed by atoms with Gasteiger partial charge in [0, 0.05) is 11.8 Å². The molecule has 0 aliphatic carbocycles. The lowest BCUT2D eigenvalue weighted by Gasteiger charge is -2.05. The lowest BCUT2D eigenvalue weighted by Crippen LogP contribution is -1.95. The molecule has 0 saturated carbocycles. The van der Waals surface area contributed by atoms with E-state index in [0.717, 1.165) is 22.6 Å². The fourth-order valence-electron chi connectivity index (χ4n) is 2.01. The lowest BCUT2D eigenvalue weighted by molar-refractivity contribution is 0.280. The van der Waals surface area contributed by atoms with Gasteiger partial charge in [-0.25, -0.2) is 4.68 Å². The van der Waals surface area contributed by atoms with Crippen LogP contribution in [0.2, 0.25) is 0 Å². The molecular formula is C17H16N2O2. The Morgan fingerprint density at radius 3 is 2.43 bits per heavy atom. The first-order chi connectivity index (χ1) is 10.3. The molecule has 3 aromatic rings. The summed E-state index contributed by atoms with van der Waals surface area (Å²) in [5, 5.41) is 13.3. The minimum Gasteiger partial charge on any atom is -0.489 e. The van der Waals surface area contributed by atoms with E-state index in [0.29, 0.717) is 6.61 Å². The molecule has 0 atom stereocenters. The Hall–Kier alpha value is -2.59. The van der Waals surface area contributed by atoms with Gasteiger partial charge in [-0.1, -0.05) is 30.3 Å². The van der Waals surface area contributed by atoms with Gasteiger partial charge in [-0.2, -0.15) is 5.10 Å². The van der Waals surface area contributed by atoms with Gasteiger partial charge < -0.3 is 9.84 Å². The summed E-state index contributed by atoms with van der Waals surface area (Å²) in [6, 6.07) is 17.4. The number of aromatic nitrogens is 2. The van der Waals surface area contributed by atoms with Gasteiger partial charge in [0.1, 0.15) is 12.4 Å². The third-order valence-electron chi connectivity index (χ3n) is 3.17. The monoisotopic (exact) mass is 280 g/mol.